The van der Waals surface area contributed by atoms with E-state index in [1.54, 1.807) is 43.5 Å². The van der Waals surface area contributed by atoms with E-state index in [9.17, 15) is 9.59 Å². The minimum atomic E-state index is -0.582. The van der Waals surface area contributed by atoms with Gasteiger partial charge in [0.15, 0.2) is 17.2 Å². The molecule has 29 heavy (non-hydrogen) atoms. The van der Waals surface area contributed by atoms with E-state index in [4.69, 9.17) is 18.9 Å². The summed E-state index contributed by atoms with van der Waals surface area (Å²) < 4.78 is 22.1. The van der Waals surface area contributed by atoms with Gasteiger partial charge >= 0.3 is 11.9 Å². The van der Waals surface area contributed by atoms with Gasteiger partial charge in [-0.3, -0.25) is 4.79 Å². The predicted molar refractivity (Wildman–Crippen MR) is 113 cm³/mol. The Kier molecular flexibility index (Phi) is 6.39. The molecule has 0 atom stereocenters. The van der Waals surface area contributed by atoms with E-state index in [0.29, 0.717) is 31.6 Å². The molecule has 1 aliphatic rings. The van der Waals surface area contributed by atoms with Crippen molar-refractivity contribution in [3.63, 3.8) is 0 Å². The van der Waals surface area contributed by atoms with Crippen molar-refractivity contribution in [3.05, 3.63) is 56.1 Å². The molecule has 150 valence electrons. The average Bonchev–Trinajstić information content (AvgIpc) is 3.03. The third kappa shape index (κ3) is 4.68. The third-order valence-electron chi connectivity index (χ3n) is 3.83. The second kappa shape index (κ2) is 8.79. The lowest BCUT2D eigenvalue weighted by Gasteiger charge is -2.11. The van der Waals surface area contributed by atoms with Crippen LogP contribution < -0.4 is 14.2 Å². The van der Waals surface area contributed by atoms with Crippen LogP contribution in [0.5, 0.6) is 17.2 Å². The zero-order valence-corrected chi connectivity index (χ0v) is 18.8. The first-order valence-corrected chi connectivity index (χ1v) is 9.83. The summed E-state index contributed by atoms with van der Waals surface area (Å²) >= 11 is 6.77. The molecule has 0 bridgehead atoms. The summed E-state index contributed by atoms with van der Waals surface area (Å²) in [5.74, 6) is 0.359. The standard InChI is InChI=1S/C20H15Br2NO6/c1-10(24)28-18-15(22)6-11(8-17(18)27-3)7-16-20(25)29-19(23-16)13-5-4-12(26-2)9-14(13)21/h4-9H,1-3H3/b16-7-. The number of hydrogen-bond acceptors (Lipinski definition) is 7. The Hall–Kier alpha value is -2.65. The van der Waals surface area contributed by atoms with E-state index < -0.39 is 11.9 Å². The van der Waals surface area contributed by atoms with Crippen LogP contribution in [-0.2, 0) is 14.3 Å². The van der Waals surface area contributed by atoms with Crippen molar-refractivity contribution in [2.24, 2.45) is 4.99 Å². The van der Waals surface area contributed by atoms with Gasteiger partial charge in [-0.1, -0.05) is 0 Å². The highest BCUT2D eigenvalue weighted by atomic mass is 79.9. The average molecular weight is 525 g/mol. The van der Waals surface area contributed by atoms with Crippen LogP contribution in [0.3, 0.4) is 0 Å². The molecule has 0 radical (unpaired) electrons. The fourth-order valence-electron chi connectivity index (χ4n) is 2.54. The summed E-state index contributed by atoms with van der Waals surface area (Å²) in [6.45, 7) is 1.30. The van der Waals surface area contributed by atoms with Gasteiger partial charge in [-0.25, -0.2) is 9.79 Å². The molecule has 0 spiro atoms. The molecule has 0 saturated heterocycles. The number of nitrogens with zero attached hydrogens (tertiary/aromatic N) is 1. The summed E-state index contributed by atoms with van der Waals surface area (Å²) in [6.07, 6.45) is 1.55. The molecule has 0 amide bonds. The number of cyclic esters (lactones) is 1. The predicted octanol–water partition coefficient (Wildman–Crippen LogP) is 4.50. The number of halogens is 2. The van der Waals surface area contributed by atoms with Gasteiger partial charge in [0.2, 0.25) is 5.90 Å². The Bertz CT molecular complexity index is 1060. The Balaban J connectivity index is 1.97. The molecule has 3 rings (SSSR count). The molecular weight excluding hydrogens is 510 g/mol. The monoisotopic (exact) mass is 523 g/mol. The van der Waals surface area contributed by atoms with E-state index in [2.05, 4.69) is 36.9 Å². The molecule has 1 heterocycles. The minimum Gasteiger partial charge on any atom is -0.497 e. The first-order chi connectivity index (χ1) is 13.8. The maximum Gasteiger partial charge on any atom is 0.363 e. The van der Waals surface area contributed by atoms with Crippen molar-refractivity contribution in [3.8, 4) is 17.2 Å². The van der Waals surface area contributed by atoms with Gasteiger partial charge in [-0.05, 0) is 73.8 Å². The van der Waals surface area contributed by atoms with E-state index in [1.807, 2.05) is 0 Å². The molecule has 2 aromatic rings. The minimum absolute atomic E-state index is 0.122. The van der Waals surface area contributed by atoms with Gasteiger partial charge in [0.05, 0.1) is 24.3 Å². The highest BCUT2D eigenvalue weighted by Crippen LogP contribution is 2.37. The van der Waals surface area contributed by atoms with Crippen molar-refractivity contribution in [2.45, 2.75) is 6.92 Å². The summed E-state index contributed by atoms with van der Waals surface area (Å²) in [6, 6.07) is 8.54. The molecule has 0 aliphatic carbocycles. The topological polar surface area (TPSA) is 83.4 Å². The molecule has 0 fully saturated rings. The lowest BCUT2D eigenvalue weighted by molar-refractivity contribution is -0.132. The van der Waals surface area contributed by atoms with Crippen LogP contribution in [0.2, 0.25) is 0 Å². The number of methoxy groups -OCH3 is 2. The Morgan fingerprint density at radius 2 is 1.86 bits per heavy atom. The molecule has 0 unspecified atom stereocenters. The maximum absolute atomic E-state index is 12.3. The highest BCUT2D eigenvalue weighted by molar-refractivity contribution is 9.10. The van der Waals surface area contributed by atoms with Crippen molar-refractivity contribution in [2.75, 3.05) is 14.2 Å². The number of rotatable bonds is 5. The molecule has 1 aliphatic heterocycles. The summed E-state index contributed by atoms with van der Waals surface area (Å²) in [5, 5.41) is 0. The van der Waals surface area contributed by atoms with Gasteiger partial charge in [0.25, 0.3) is 0 Å². The van der Waals surface area contributed by atoms with Crippen LogP contribution in [0.4, 0.5) is 0 Å². The number of carbonyl (C=O) groups excluding carboxylic acids is 2. The number of aliphatic imine (C=N–C) groups is 1. The second-order valence-corrected chi connectivity index (χ2v) is 7.52. The SMILES string of the molecule is COc1ccc(C2=N/C(=C\c3cc(Br)c(OC(C)=O)c(OC)c3)C(=O)O2)c(Br)c1. The van der Waals surface area contributed by atoms with Crippen LogP contribution in [0.25, 0.3) is 6.08 Å². The van der Waals surface area contributed by atoms with Gasteiger partial charge < -0.3 is 18.9 Å². The Morgan fingerprint density at radius 1 is 1.10 bits per heavy atom. The highest BCUT2D eigenvalue weighted by Gasteiger charge is 2.26. The Morgan fingerprint density at radius 3 is 2.48 bits per heavy atom. The molecule has 7 nitrogen and oxygen atoms in total. The quantitative estimate of drug-likeness (QED) is 0.325. The normalized spacial score (nSPS) is 14.4. The van der Waals surface area contributed by atoms with E-state index >= 15 is 0 Å². The molecule has 0 N–H and O–H groups in total. The summed E-state index contributed by atoms with van der Waals surface area (Å²) in [4.78, 5) is 27.9. The number of hydrogen-bond donors (Lipinski definition) is 0. The van der Waals surface area contributed by atoms with Crippen molar-refractivity contribution < 1.29 is 28.5 Å². The van der Waals surface area contributed by atoms with Crippen LogP contribution in [0.1, 0.15) is 18.1 Å². The second-order valence-electron chi connectivity index (χ2n) is 5.81. The van der Waals surface area contributed by atoms with Crippen LogP contribution in [0, 0.1) is 0 Å². The zero-order valence-electron chi connectivity index (χ0n) is 15.6. The third-order valence-corrected chi connectivity index (χ3v) is 5.07. The number of esters is 2. The van der Waals surface area contributed by atoms with Crippen LogP contribution >= 0.6 is 31.9 Å². The van der Waals surface area contributed by atoms with Crippen molar-refractivity contribution >= 4 is 55.8 Å². The summed E-state index contributed by atoms with van der Waals surface area (Å²) in [5.41, 5.74) is 1.35. The van der Waals surface area contributed by atoms with E-state index in [0.717, 1.165) is 0 Å². The molecule has 0 aromatic heterocycles. The number of benzene rings is 2. The van der Waals surface area contributed by atoms with Gasteiger partial charge in [0.1, 0.15) is 5.75 Å². The summed E-state index contributed by atoms with van der Waals surface area (Å²) in [7, 11) is 3.02. The molecule has 9 heteroatoms. The van der Waals surface area contributed by atoms with E-state index in [-0.39, 0.29) is 17.3 Å². The zero-order chi connectivity index (χ0) is 21.1. The van der Waals surface area contributed by atoms with E-state index in [1.165, 1.54) is 14.0 Å². The molecule has 0 saturated carbocycles. The fraction of sp³-hybridized carbons (Fsp3) is 0.150. The van der Waals surface area contributed by atoms with Crippen molar-refractivity contribution in [1.29, 1.82) is 0 Å². The van der Waals surface area contributed by atoms with Gasteiger partial charge in [0, 0.05) is 11.4 Å². The number of ether oxygens (including phenoxy) is 4. The molecular formula is C20H15Br2NO6. The molecule has 2 aromatic carbocycles. The van der Waals surface area contributed by atoms with Gasteiger partial charge in [-0.2, -0.15) is 0 Å². The van der Waals surface area contributed by atoms with Crippen LogP contribution in [0.15, 0.2) is 50.0 Å². The lowest BCUT2D eigenvalue weighted by atomic mass is 10.1. The fourth-order valence-corrected chi connectivity index (χ4v) is 3.61. The first kappa shape index (κ1) is 21.1. The maximum atomic E-state index is 12.3. The van der Waals surface area contributed by atoms with Crippen molar-refractivity contribution in [1.82, 2.24) is 0 Å². The smallest absolute Gasteiger partial charge is 0.363 e. The number of carbonyl (C=O) groups is 2. The van der Waals surface area contributed by atoms with Crippen LogP contribution in [-0.4, -0.2) is 32.1 Å². The van der Waals surface area contributed by atoms with Gasteiger partial charge in [-0.15, -0.1) is 0 Å². The Labute approximate surface area is 183 Å². The lowest BCUT2D eigenvalue weighted by Crippen LogP contribution is -2.06. The largest absolute Gasteiger partial charge is 0.497 e. The first-order valence-electron chi connectivity index (χ1n) is 8.24.